The molecule has 32 heavy (non-hydrogen) atoms. The van der Waals surface area contributed by atoms with Gasteiger partial charge >= 0.3 is 0 Å². The van der Waals surface area contributed by atoms with E-state index < -0.39 is 0 Å². The fourth-order valence-electron chi connectivity index (χ4n) is 5.21. The molecule has 0 amide bonds. The van der Waals surface area contributed by atoms with Crippen LogP contribution in [0.4, 0.5) is 0 Å². The van der Waals surface area contributed by atoms with Crippen LogP contribution < -0.4 is 4.57 Å². The van der Waals surface area contributed by atoms with Crippen LogP contribution in [0, 0.1) is 6.92 Å². The second kappa shape index (κ2) is 7.06. The number of para-hydroxylation sites is 1. The molecule has 0 radical (unpaired) electrons. The summed E-state index contributed by atoms with van der Waals surface area (Å²) >= 11 is 0. The van der Waals surface area contributed by atoms with Crippen LogP contribution >= 0.6 is 0 Å². The van der Waals surface area contributed by atoms with Crippen LogP contribution in [0.25, 0.3) is 55.0 Å². The molecular weight excluding hydrogens is 388 g/mol. The van der Waals surface area contributed by atoms with Crippen molar-refractivity contribution in [2.75, 3.05) is 0 Å². The average molecular weight is 414 g/mol. The van der Waals surface area contributed by atoms with E-state index in [1.54, 1.807) is 0 Å². The highest BCUT2D eigenvalue weighted by atomic mass is 14.9. The normalized spacial score (nSPS) is 11.6. The van der Waals surface area contributed by atoms with Gasteiger partial charge < -0.3 is 4.57 Å². The molecule has 0 saturated heterocycles. The molecule has 0 unspecified atom stereocenters. The molecular formula is C30H25N2+. The minimum atomic E-state index is 1.23. The molecule has 0 aliphatic carbocycles. The number of hydrogen-bond acceptors (Lipinski definition) is 0. The molecule has 2 nitrogen and oxygen atoms in total. The third-order valence-electron chi connectivity index (χ3n) is 6.78. The van der Waals surface area contributed by atoms with Crippen molar-refractivity contribution >= 4 is 32.6 Å². The number of fused-ring (bicyclic) bond motifs is 4. The third-order valence-corrected chi connectivity index (χ3v) is 6.78. The van der Waals surface area contributed by atoms with Crippen molar-refractivity contribution in [2.45, 2.75) is 6.92 Å². The van der Waals surface area contributed by atoms with Crippen molar-refractivity contribution < 1.29 is 4.57 Å². The van der Waals surface area contributed by atoms with E-state index in [1.165, 1.54) is 60.5 Å². The first-order chi connectivity index (χ1) is 15.6. The van der Waals surface area contributed by atoms with Crippen LogP contribution in [-0.2, 0) is 14.1 Å². The van der Waals surface area contributed by atoms with Crippen LogP contribution in [0.3, 0.4) is 0 Å². The maximum Gasteiger partial charge on any atom is 0.213 e. The van der Waals surface area contributed by atoms with E-state index in [0.29, 0.717) is 0 Å². The van der Waals surface area contributed by atoms with Crippen LogP contribution in [0.2, 0.25) is 0 Å². The first kappa shape index (κ1) is 18.8. The smallest absolute Gasteiger partial charge is 0.213 e. The molecule has 4 aromatic carbocycles. The number of hydrogen-bond donors (Lipinski definition) is 0. The summed E-state index contributed by atoms with van der Waals surface area (Å²) in [6, 6.07) is 33.1. The van der Waals surface area contributed by atoms with Crippen LogP contribution in [0.5, 0.6) is 0 Å². The van der Waals surface area contributed by atoms with E-state index in [1.807, 2.05) is 0 Å². The van der Waals surface area contributed by atoms with E-state index >= 15 is 0 Å². The molecule has 0 bridgehead atoms. The topological polar surface area (TPSA) is 8.81 Å². The number of nitrogens with zero attached hydrogens (tertiary/aromatic N) is 2. The van der Waals surface area contributed by atoms with E-state index in [2.05, 4.69) is 127 Å². The molecule has 0 aliphatic rings. The monoisotopic (exact) mass is 413 g/mol. The highest BCUT2D eigenvalue weighted by molar-refractivity contribution is 6.11. The molecule has 0 atom stereocenters. The number of aryl methyl sites for hydroxylation is 3. The Kier molecular flexibility index (Phi) is 4.16. The van der Waals surface area contributed by atoms with Crippen molar-refractivity contribution in [1.82, 2.24) is 4.57 Å². The Morgan fingerprint density at radius 1 is 0.656 bits per heavy atom. The van der Waals surface area contributed by atoms with Gasteiger partial charge in [0.2, 0.25) is 5.69 Å². The standard InChI is InChI=1S/C30H25N2/c1-20-18-25(21-15-16-28-26(19-21)23-11-6-7-13-27(23)32(28)3)22-10-4-5-12-24(22)30(20)29-14-8-9-17-31(29)2/h4-19H,1-3H3/q+1. The molecule has 0 saturated carbocycles. The second-order valence-electron chi connectivity index (χ2n) is 8.67. The quantitative estimate of drug-likeness (QED) is 0.272. The maximum atomic E-state index is 2.36. The summed E-state index contributed by atoms with van der Waals surface area (Å²) in [6.45, 7) is 2.23. The summed E-state index contributed by atoms with van der Waals surface area (Å²) in [4.78, 5) is 0. The van der Waals surface area contributed by atoms with E-state index in [9.17, 15) is 0 Å². The molecule has 0 spiro atoms. The average Bonchev–Trinajstić information content (AvgIpc) is 3.11. The number of benzene rings is 4. The van der Waals surface area contributed by atoms with Gasteiger partial charge in [0.05, 0.1) is 5.56 Å². The Labute approximate surface area is 188 Å². The molecule has 2 heteroatoms. The van der Waals surface area contributed by atoms with Crippen molar-refractivity contribution in [3.8, 4) is 22.4 Å². The van der Waals surface area contributed by atoms with Gasteiger partial charge in [-0.05, 0) is 64.7 Å². The molecule has 154 valence electrons. The van der Waals surface area contributed by atoms with Gasteiger partial charge in [-0.15, -0.1) is 0 Å². The zero-order valence-electron chi connectivity index (χ0n) is 18.6. The van der Waals surface area contributed by atoms with Gasteiger partial charge in [-0.2, -0.15) is 0 Å². The lowest BCUT2D eigenvalue weighted by Gasteiger charge is -2.14. The van der Waals surface area contributed by atoms with Gasteiger partial charge in [0, 0.05) is 41.0 Å². The van der Waals surface area contributed by atoms with Crippen molar-refractivity contribution in [2.24, 2.45) is 14.1 Å². The van der Waals surface area contributed by atoms with Gasteiger partial charge in [-0.1, -0.05) is 48.5 Å². The summed E-state index contributed by atoms with van der Waals surface area (Å²) in [6.07, 6.45) is 2.12. The fraction of sp³-hybridized carbons (Fsp3) is 0.100. The number of aromatic nitrogens is 2. The number of rotatable bonds is 2. The predicted molar refractivity (Wildman–Crippen MR) is 135 cm³/mol. The first-order valence-electron chi connectivity index (χ1n) is 11.1. The fourth-order valence-corrected chi connectivity index (χ4v) is 5.21. The van der Waals surface area contributed by atoms with Crippen molar-refractivity contribution in [3.05, 3.63) is 103 Å². The molecule has 0 fully saturated rings. The zero-order valence-corrected chi connectivity index (χ0v) is 18.6. The lowest BCUT2D eigenvalue weighted by atomic mass is 9.89. The highest BCUT2D eigenvalue weighted by Crippen LogP contribution is 2.39. The number of pyridine rings is 1. The van der Waals surface area contributed by atoms with Crippen LogP contribution in [-0.4, -0.2) is 4.57 Å². The van der Waals surface area contributed by atoms with Crippen molar-refractivity contribution in [1.29, 1.82) is 0 Å². The van der Waals surface area contributed by atoms with Crippen molar-refractivity contribution in [3.63, 3.8) is 0 Å². The van der Waals surface area contributed by atoms with Gasteiger partial charge in [-0.3, -0.25) is 0 Å². The molecule has 2 aromatic heterocycles. The SMILES string of the molecule is Cc1cc(-c2ccc3c(c2)c2ccccc2n3C)c2ccccc2c1-c1cccc[n+]1C. The second-order valence-corrected chi connectivity index (χ2v) is 8.67. The molecule has 6 aromatic rings. The third kappa shape index (κ3) is 2.69. The predicted octanol–water partition coefficient (Wildman–Crippen LogP) is 6.95. The summed E-state index contributed by atoms with van der Waals surface area (Å²) in [7, 11) is 4.27. The van der Waals surface area contributed by atoms with E-state index in [0.717, 1.165) is 0 Å². The highest BCUT2D eigenvalue weighted by Gasteiger charge is 2.18. The van der Waals surface area contributed by atoms with Gasteiger partial charge in [-0.25, -0.2) is 4.57 Å². The molecule has 0 N–H and O–H groups in total. The van der Waals surface area contributed by atoms with Gasteiger partial charge in [0.1, 0.15) is 7.05 Å². The lowest BCUT2D eigenvalue weighted by Crippen LogP contribution is -2.30. The Balaban J connectivity index is 1.66. The first-order valence-corrected chi connectivity index (χ1v) is 11.1. The summed E-state index contributed by atoms with van der Waals surface area (Å²) in [5.74, 6) is 0. The summed E-state index contributed by atoms with van der Waals surface area (Å²) < 4.78 is 4.49. The van der Waals surface area contributed by atoms with E-state index in [-0.39, 0.29) is 0 Å². The summed E-state index contributed by atoms with van der Waals surface area (Å²) in [5.41, 5.74) is 8.92. The molecule has 0 aliphatic heterocycles. The Morgan fingerprint density at radius 2 is 1.34 bits per heavy atom. The minimum Gasteiger partial charge on any atom is -0.344 e. The van der Waals surface area contributed by atoms with Crippen LogP contribution in [0.15, 0.2) is 97.2 Å². The molecule has 2 heterocycles. The molecule has 6 rings (SSSR count). The lowest BCUT2D eigenvalue weighted by molar-refractivity contribution is -0.660. The Hall–Kier alpha value is -3.91. The van der Waals surface area contributed by atoms with Gasteiger partial charge in [0.25, 0.3) is 0 Å². The zero-order chi connectivity index (χ0) is 21.8. The van der Waals surface area contributed by atoms with E-state index in [4.69, 9.17) is 0 Å². The summed E-state index contributed by atoms with van der Waals surface area (Å²) in [5, 5.41) is 5.19. The Bertz CT molecular complexity index is 1650. The maximum absolute atomic E-state index is 2.36. The van der Waals surface area contributed by atoms with Gasteiger partial charge in [0.15, 0.2) is 6.20 Å². The minimum absolute atomic E-state index is 1.23. The van der Waals surface area contributed by atoms with Crippen LogP contribution in [0.1, 0.15) is 5.56 Å². The largest absolute Gasteiger partial charge is 0.344 e. The Morgan fingerprint density at radius 3 is 2.16 bits per heavy atom.